The maximum Gasteiger partial charge on any atom is 0.235 e. The molecule has 3 rings (SSSR count). The zero-order valence-corrected chi connectivity index (χ0v) is 13.5. The summed E-state index contributed by atoms with van der Waals surface area (Å²) in [6, 6.07) is 5.63. The van der Waals surface area contributed by atoms with Crippen molar-refractivity contribution in [1.29, 1.82) is 0 Å². The quantitative estimate of drug-likeness (QED) is 0.813. The van der Waals surface area contributed by atoms with Crippen LogP contribution in [-0.2, 0) is 10.2 Å². The molecule has 5 nitrogen and oxygen atoms in total. The molecule has 1 heterocycles. The number of rotatable bonds is 5. The number of benzene rings is 1. The molecule has 2 aliphatic rings. The van der Waals surface area contributed by atoms with Crippen LogP contribution < -0.4 is 15.2 Å². The van der Waals surface area contributed by atoms with Gasteiger partial charge in [-0.15, -0.1) is 12.8 Å². The molecule has 1 aliphatic heterocycles. The Morgan fingerprint density at radius 1 is 1.25 bits per heavy atom. The lowest BCUT2D eigenvalue weighted by atomic mass is 9.90. The van der Waals surface area contributed by atoms with Crippen LogP contribution in [-0.4, -0.2) is 43.7 Å². The summed E-state index contributed by atoms with van der Waals surface area (Å²) in [6.07, 6.45) is 11.5. The van der Waals surface area contributed by atoms with Gasteiger partial charge < -0.3 is 20.1 Å². The first-order chi connectivity index (χ1) is 11.7. The fraction of sp³-hybridized carbons (Fsp3) is 0.421. The van der Waals surface area contributed by atoms with Crippen molar-refractivity contribution >= 4 is 5.91 Å². The van der Waals surface area contributed by atoms with Gasteiger partial charge in [0.1, 0.15) is 13.2 Å². The van der Waals surface area contributed by atoms with Crippen molar-refractivity contribution in [3.63, 3.8) is 0 Å². The maximum atomic E-state index is 13.2. The van der Waals surface area contributed by atoms with Gasteiger partial charge in [0.25, 0.3) is 0 Å². The minimum Gasteiger partial charge on any atom is -0.486 e. The first-order valence-electron chi connectivity index (χ1n) is 7.94. The Balaban J connectivity index is 1.96. The first kappa shape index (κ1) is 16.2. The van der Waals surface area contributed by atoms with Crippen molar-refractivity contribution in [2.75, 3.05) is 32.8 Å². The molecular weight excluding hydrogens is 304 g/mol. The number of hydrogen-bond acceptors (Lipinski definition) is 4. The van der Waals surface area contributed by atoms with Crippen LogP contribution in [0.5, 0.6) is 11.5 Å². The summed E-state index contributed by atoms with van der Waals surface area (Å²) in [7, 11) is 0. The molecule has 1 aromatic rings. The van der Waals surface area contributed by atoms with Crippen molar-refractivity contribution in [3.05, 3.63) is 23.8 Å². The Hall–Kier alpha value is -2.63. The molecule has 0 aromatic heterocycles. The van der Waals surface area contributed by atoms with Gasteiger partial charge in [-0.3, -0.25) is 4.79 Å². The van der Waals surface area contributed by atoms with Crippen LogP contribution in [0.25, 0.3) is 0 Å². The molecule has 0 unspecified atom stereocenters. The van der Waals surface area contributed by atoms with E-state index in [2.05, 4.69) is 11.8 Å². The number of hydrogen-bond donors (Lipinski definition) is 1. The third-order valence-electron chi connectivity index (χ3n) is 4.68. The van der Waals surface area contributed by atoms with Gasteiger partial charge >= 0.3 is 0 Å². The van der Waals surface area contributed by atoms with Gasteiger partial charge in [-0.25, -0.2) is 0 Å². The highest BCUT2D eigenvalue weighted by molar-refractivity contribution is 5.92. The van der Waals surface area contributed by atoms with E-state index in [1.807, 2.05) is 18.2 Å². The summed E-state index contributed by atoms with van der Waals surface area (Å²) in [4.78, 5) is 14.7. The summed E-state index contributed by atoms with van der Waals surface area (Å²) in [5, 5.41) is 0. The van der Waals surface area contributed by atoms with Crippen LogP contribution in [0.4, 0.5) is 0 Å². The third-order valence-corrected chi connectivity index (χ3v) is 4.68. The highest BCUT2D eigenvalue weighted by Crippen LogP contribution is 2.56. The van der Waals surface area contributed by atoms with Gasteiger partial charge in [-0.2, -0.15) is 0 Å². The number of amides is 1. The van der Waals surface area contributed by atoms with E-state index in [0.717, 1.165) is 5.56 Å². The summed E-state index contributed by atoms with van der Waals surface area (Å²) in [5.41, 5.74) is 6.08. The zero-order chi connectivity index (χ0) is 17.2. The fourth-order valence-corrected chi connectivity index (χ4v) is 3.38. The third kappa shape index (κ3) is 2.58. The van der Waals surface area contributed by atoms with Crippen molar-refractivity contribution < 1.29 is 14.3 Å². The average molecular weight is 324 g/mol. The van der Waals surface area contributed by atoms with Gasteiger partial charge in [-0.1, -0.05) is 17.9 Å². The summed E-state index contributed by atoms with van der Waals surface area (Å²) in [5.74, 6) is 6.37. The van der Waals surface area contributed by atoms with E-state index in [1.54, 1.807) is 0 Å². The molecule has 1 aromatic carbocycles. The zero-order valence-electron chi connectivity index (χ0n) is 13.5. The van der Waals surface area contributed by atoms with Crippen molar-refractivity contribution in [1.82, 2.24) is 4.90 Å². The molecule has 1 saturated carbocycles. The highest BCUT2D eigenvalue weighted by atomic mass is 16.6. The average Bonchev–Trinajstić information content (AvgIpc) is 3.36. The minimum atomic E-state index is -0.668. The minimum absolute atomic E-state index is 0.0643. The lowest BCUT2D eigenvalue weighted by Crippen LogP contribution is -2.41. The summed E-state index contributed by atoms with van der Waals surface area (Å²) in [6.45, 7) is 1.83. The van der Waals surface area contributed by atoms with E-state index in [4.69, 9.17) is 28.1 Å². The molecule has 2 N–H and O–H groups in total. The van der Waals surface area contributed by atoms with Gasteiger partial charge in [0.15, 0.2) is 11.5 Å². The van der Waals surface area contributed by atoms with Gasteiger partial charge in [0.05, 0.1) is 18.5 Å². The van der Waals surface area contributed by atoms with Gasteiger partial charge in [-0.05, 0) is 36.6 Å². The maximum absolute atomic E-state index is 13.2. The Labute approximate surface area is 142 Å². The van der Waals surface area contributed by atoms with Crippen molar-refractivity contribution in [3.8, 4) is 36.2 Å². The lowest BCUT2D eigenvalue weighted by Gasteiger charge is -2.27. The van der Waals surface area contributed by atoms with E-state index >= 15 is 0 Å². The predicted molar refractivity (Wildman–Crippen MR) is 90.5 cm³/mol. The van der Waals surface area contributed by atoms with E-state index in [9.17, 15) is 4.79 Å². The van der Waals surface area contributed by atoms with E-state index < -0.39 is 5.41 Å². The first-order valence-corrected chi connectivity index (χ1v) is 7.94. The number of nitrogens with zero attached hydrogens (tertiary/aromatic N) is 1. The van der Waals surface area contributed by atoms with Crippen LogP contribution >= 0.6 is 0 Å². The number of nitrogens with two attached hydrogens (primary N) is 1. The Morgan fingerprint density at radius 3 is 2.50 bits per heavy atom. The second kappa shape index (κ2) is 6.47. The topological polar surface area (TPSA) is 64.8 Å². The molecule has 1 fully saturated rings. The fourth-order valence-electron chi connectivity index (χ4n) is 3.38. The monoisotopic (exact) mass is 324 g/mol. The second-order valence-corrected chi connectivity index (χ2v) is 6.04. The molecule has 5 heteroatoms. The van der Waals surface area contributed by atoms with Crippen molar-refractivity contribution in [2.24, 2.45) is 11.7 Å². The van der Waals surface area contributed by atoms with Crippen LogP contribution in [0.1, 0.15) is 12.0 Å². The van der Waals surface area contributed by atoms with E-state index in [1.165, 1.54) is 4.90 Å². The SMILES string of the molecule is C#CCN(CC#C)C(=O)[C@@]1(c2ccc3c(c2)OCCO3)C[C@H]1CN. The predicted octanol–water partition coefficient (Wildman–Crippen LogP) is 0.769. The normalized spacial score (nSPS) is 23.7. The Bertz CT molecular complexity index is 715. The number of fused-ring (bicyclic) bond motifs is 1. The smallest absolute Gasteiger partial charge is 0.235 e. The number of ether oxygens (including phenoxy) is 2. The van der Waals surface area contributed by atoms with E-state index in [0.29, 0.717) is 37.7 Å². The molecule has 1 amide bonds. The molecule has 1 aliphatic carbocycles. The number of carbonyl (C=O) groups is 1. The molecule has 0 bridgehead atoms. The molecule has 2 atom stereocenters. The molecule has 0 spiro atoms. The second-order valence-electron chi connectivity index (χ2n) is 6.04. The molecule has 0 radical (unpaired) electrons. The molecule has 124 valence electrons. The van der Waals surface area contributed by atoms with Crippen molar-refractivity contribution in [2.45, 2.75) is 11.8 Å². The van der Waals surface area contributed by atoms with Crippen LogP contribution in [0.15, 0.2) is 18.2 Å². The molecule has 24 heavy (non-hydrogen) atoms. The summed E-state index contributed by atoms with van der Waals surface area (Å²) < 4.78 is 11.2. The van der Waals surface area contributed by atoms with Gasteiger partial charge in [0.2, 0.25) is 5.91 Å². The van der Waals surface area contributed by atoms with E-state index in [-0.39, 0.29) is 24.9 Å². The van der Waals surface area contributed by atoms with Crippen LogP contribution in [0.3, 0.4) is 0 Å². The Morgan fingerprint density at radius 2 is 1.92 bits per heavy atom. The largest absolute Gasteiger partial charge is 0.486 e. The van der Waals surface area contributed by atoms with Gasteiger partial charge in [0, 0.05) is 0 Å². The highest BCUT2D eigenvalue weighted by Gasteiger charge is 2.61. The number of terminal acetylenes is 2. The van der Waals surface area contributed by atoms with Crippen LogP contribution in [0.2, 0.25) is 0 Å². The Kier molecular flexibility index (Phi) is 4.38. The van der Waals surface area contributed by atoms with Crippen LogP contribution in [0, 0.1) is 30.6 Å². The molecule has 0 saturated heterocycles. The lowest BCUT2D eigenvalue weighted by molar-refractivity contribution is -0.133. The molecular formula is C19H20N2O3. The summed E-state index contributed by atoms with van der Waals surface area (Å²) >= 11 is 0. The standard InChI is InChI=1S/C19H20N2O3/c1-3-7-21(8-4-2)18(22)19(12-15(19)13-20)14-5-6-16-17(11-14)24-10-9-23-16/h1-2,5-6,11,15H,7-10,12-13,20H2/t15-,19+/m0/s1. The number of carbonyl (C=O) groups excluding carboxylic acids is 1.